The van der Waals surface area contributed by atoms with Crippen molar-refractivity contribution in [2.45, 2.75) is 37.6 Å². The van der Waals surface area contributed by atoms with E-state index in [2.05, 4.69) is 24.1 Å². The lowest BCUT2D eigenvalue weighted by molar-refractivity contribution is 0.301. The Kier molecular flexibility index (Phi) is 4.12. The number of likely N-dealkylation sites (N-methyl/N-ethyl adjacent to an activating group) is 1. The zero-order valence-electron chi connectivity index (χ0n) is 11.5. The van der Waals surface area contributed by atoms with E-state index in [-0.39, 0.29) is 5.54 Å². The molecule has 0 bridgehead atoms. The first kappa shape index (κ1) is 13.2. The van der Waals surface area contributed by atoms with Crippen LogP contribution in [0.4, 0.5) is 5.69 Å². The van der Waals surface area contributed by atoms with Gasteiger partial charge >= 0.3 is 0 Å². The van der Waals surface area contributed by atoms with E-state index in [0.717, 1.165) is 25.1 Å². The minimum atomic E-state index is -0.00702. The van der Waals surface area contributed by atoms with Crippen LogP contribution in [0, 0.1) is 0 Å². The van der Waals surface area contributed by atoms with Gasteiger partial charge in [-0.1, -0.05) is 19.3 Å². The summed E-state index contributed by atoms with van der Waals surface area (Å²) in [6.45, 7) is 0.930. The molecule has 1 aromatic rings. The highest BCUT2D eigenvalue weighted by molar-refractivity contribution is 5.48. The summed E-state index contributed by atoms with van der Waals surface area (Å²) in [6, 6.07) is 8.17. The molecule has 2 N–H and O–H groups in total. The van der Waals surface area contributed by atoms with Gasteiger partial charge < -0.3 is 15.4 Å². The Bertz CT molecular complexity index is 369. The fourth-order valence-electron chi connectivity index (χ4n) is 2.81. The van der Waals surface area contributed by atoms with Crippen LogP contribution in [0.2, 0.25) is 0 Å². The van der Waals surface area contributed by atoms with Gasteiger partial charge in [0, 0.05) is 24.8 Å². The van der Waals surface area contributed by atoms with Crippen molar-refractivity contribution in [1.82, 2.24) is 0 Å². The Balaban J connectivity index is 1.99. The molecule has 0 aliphatic heterocycles. The predicted octanol–water partition coefficient (Wildman–Crippen LogP) is 2.79. The quantitative estimate of drug-likeness (QED) is 0.890. The van der Waals surface area contributed by atoms with Crippen LogP contribution >= 0.6 is 0 Å². The van der Waals surface area contributed by atoms with Crippen LogP contribution in [0.25, 0.3) is 0 Å². The fourth-order valence-corrected chi connectivity index (χ4v) is 2.81. The molecule has 0 aromatic heterocycles. The normalized spacial score (nSPS) is 18.4. The van der Waals surface area contributed by atoms with Gasteiger partial charge in [-0.2, -0.15) is 0 Å². The number of anilines is 1. The molecular formula is C15H24N2O. The summed E-state index contributed by atoms with van der Waals surface area (Å²) in [6.07, 6.45) is 6.17. The predicted molar refractivity (Wildman–Crippen MR) is 76.3 cm³/mol. The molecule has 0 saturated heterocycles. The number of hydrogen-bond donors (Lipinski definition) is 1. The fraction of sp³-hybridized carbons (Fsp3) is 0.600. The van der Waals surface area contributed by atoms with Crippen molar-refractivity contribution in [3.63, 3.8) is 0 Å². The van der Waals surface area contributed by atoms with E-state index in [0.29, 0.717) is 0 Å². The van der Waals surface area contributed by atoms with Crippen LogP contribution in [0.3, 0.4) is 0 Å². The van der Waals surface area contributed by atoms with Gasteiger partial charge in [-0.05, 0) is 37.1 Å². The van der Waals surface area contributed by atoms with Crippen LogP contribution in [0.15, 0.2) is 24.3 Å². The third-order valence-electron chi connectivity index (χ3n) is 3.91. The highest BCUT2D eigenvalue weighted by atomic mass is 16.5. The summed E-state index contributed by atoms with van der Waals surface area (Å²) < 4.78 is 5.18. The summed E-state index contributed by atoms with van der Waals surface area (Å²) in [5.41, 5.74) is 7.68. The van der Waals surface area contributed by atoms with Crippen LogP contribution < -0.4 is 15.4 Å². The lowest BCUT2D eigenvalue weighted by Crippen LogP contribution is -2.50. The molecule has 0 spiro atoms. The lowest BCUT2D eigenvalue weighted by Gasteiger charge is -2.37. The van der Waals surface area contributed by atoms with Crippen LogP contribution in [0.1, 0.15) is 32.1 Å². The second-order valence-corrected chi connectivity index (χ2v) is 5.48. The SMILES string of the molecule is COc1ccc(N(C)CC2(N)CCCCC2)cc1. The zero-order valence-corrected chi connectivity index (χ0v) is 11.5. The van der Waals surface area contributed by atoms with E-state index >= 15 is 0 Å². The van der Waals surface area contributed by atoms with Crippen molar-refractivity contribution in [2.24, 2.45) is 5.73 Å². The first-order chi connectivity index (χ1) is 8.63. The summed E-state index contributed by atoms with van der Waals surface area (Å²) in [5, 5.41) is 0. The molecule has 0 unspecified atom stereocenters. The van der Waals surface area contributed by atoms with Crippen molar-refractivity contribution < 1.29 is 4.74 Å². The molecule has 0 amide bonds. The molecule has 1 aliphatic rings. The van der Waals surface area contributed by atoms with Gasteiger partial charge in [0.25, 0.3) is 0 Å². The van der Waals surface area contributed by atoms with Gasteiger partial charge in [-0.25, -0.2) is 0 Å². The molecule has 100 valence electrons. The largest absolute Gasteiger partial charge is 0.497 e. The highest BCUT2D eigenvalue weighted by Gasteiger charge is 2.28. The number of nitrogens with zero attached hydrogens (tertiary/aromatic N) is 1. The second-order valence-electron chi connectivity index (χ2n) is 5.48. The minimum Gasteiger partial charge on any atom is -0.497 e. The maximum absolute atomic E-state index is 6.49. The first-order valence-corrected chi connectivity index (χ1v) is 6.77. The van der Waals surface area contributed by atoms with Crippen LogP contribution in [-0.2, 0) is 0 Å². The molecule has 1 aliphatic carbocycles. The van der Waals surface area contributed by atoms with Gasteiger partial charge in [0.2, 0.25) is 0 Å². The van der Waals surface area contributed by atoms with Crippen molar-refractivity contribution in [2.75, 3.05) is 25.6 Å². The standard InChI is InChI=1S/C15H24N2O/c1-17(12-15(16)10-4-3-5-11-15)13-6-8-14(18-2)9-7-13/h6-9H,3-5,10-12,16H2,1-2H3. The average Bonchev–Trinajstić information content (AvgIpc) is 2.39. The Morgan fingerprint density at radius 1 is 1.17 bits per heavy atom. The Hall–Kier alpha value is -1.22. The maximum Gasteiger partial charge on any atom is 0.119 e. The van der Waals surface area contributed by atoms with Gasteiger partial charge in [0.15, 0.2) is 0 Å². The summed E-state index contributed by atoms with van der Waals surface area (Å²) >= 11 is 0. The van der Waals surface area contributed by atoms with Gasteiger partial charge in [-0.15, -0.1) is 0 Å². The van der Waals surface area contributed by atoms with E-state index in [1.165, 1.54) is 24.9 Å². The van der Waals surface area contributed by atoms with E-state index < -0.39 is 0 Å². The molecule has 0 radical (unpaired) electrons. The average molecular weight is 248 g/mol. The number of methoxy groups -OCH3 is 1. The topological polar surface area (TPSA) is 38.5 Å². The molecule has 1 saturated carbocycles. The molecule has 1 aromatic carbocycles. The number of ether oxygens (including phenoxy) is 1. The van der Waals surface area contributed by atoms with E-state index in [1.54, 1.807) is 7.11 Å². The molecular weight excluding hydrogens is 224 g/mol. The van der Waals surface area contributed by atoms with E-state index in [1.807, 2.05) is 12.1 Å². The van der Waals surface area contributed by atoms with Crippen molar-refractivity contribution in [3.05, 3.63) is 24.3 Å². The molecule has 18 heavy (non-hydrogen) atoms. The smallest absolute Gasteiger partial charge is 0.119 e. The van der Waals surface area contributed by atoms with Gasteiger partial charge in [0.05, 0.1) is 7.11 Å². The summed E-state index contributed by atoms with van der Waals surface area (Å²) in [4.78, 5) is 2.25. The van der Waals surface area contributed by atoms with Crippen LogP contribution in [0.5, 0.6) is 5.75 Å². The molecule has 0 atom stereocenters. The Morgan fingerprint density at radius 2 is 1.78 bits per heavy atom. The van der Waals surface area contributed by atoms with E-state index in [9.17, 15) is 0 Å². The first-order valence-electron chi connectivity index (χ1n) is 6.77. The number of rotatable bonds is 4. The number of hydrogen-bond acceptors (Lipinski definition) is 3. The Morgan fingerprint density at radius 3 is 2.33 bits per heavy atom. The van der Waals surface area contributed by atoms with Gasteiger partial charge in [-0.3, -0.25) is 0 Å². The summed E-state index contributed by atoms with van der Waals surface area (Å²) in [5.74, 6) is 0.896. The van der Waals surface area contributed by atoms with Crippen molar-refractivity contribution >= 4 is 5.69 Å². The number of nitrogens with two attached hydrogens (primary N) is 1. The van der Waals surface area contributed by atoms with Crippen molar-refractivity contribution in [1.29, 1.82) is 0 Å². The molecule has 3 nitrogen and oxygen atoms in total. The van der Waals surface area contributed by atoms with E-state index in [4.69, 9.17) is 10.5 Å². The monoisotopic (exact) mass is 248 g/mol. The number of benzene rings is 1. The van der Waals surface area contributed by atoms with Crippen LogP contribution in [-0.4, -0.2) is 26.2 Å². The molecule has 3 heteroatoms. The molecule has 1 fully saturated rings. The van der Waals surface area contributed by atoms with Gasteiger partial charge in [0.1, 0.15) is 5.75 Å². The molecule has 2 rings (SSSR count). The lowest BCUT2D eigenvalue weighted by atomic mass is 9.82. The molecule has 0 heterocycles. The highest BCUT2D eigenvalue weighted by Crippen LogP contribution is 2.28. The van der Waals surface area contributed by atoms with Crippen molar-refractivity contribution in [3.8, 4) is 5.75 Å². The maximum atomic E-state index is 6.49. The Labute approximate surface area is 110 Å². The zero-order chi connectivity index (χ0) is 13.0. The summed E-state index contributed by atoms with van der Waals surface area (Å²) in [7, 11) is 3.81. The second kappa shape index (κ2) is 5.61. The third-order valence-corrected chi connectivity index (χ3v) is 3.91. The minimum absolute atomic E-state index is 0.00702. The third kappa shape index (κ3) is 3.16.